The second-order valence-electron chi connectivity index (χ2n) is 19.2. The minimum absolute atomic E-state index is 0.107. The second-order valence-corrected chi connectivity index (χ2v) is 25.9. The fourth-order valence-electron chi connectivity index (χ4n) is 8.38. The number of aryl methyl sites for hydroxylation is 2. The maximum absolute atomic E-state index is 15.3. The summed E-state index contributed by atoms with van der Waals surface area (Å²) in [6.07, 6.45) is -3.81. The lowest BCUT2D eigenvalue weighted by molar-refractivity contribution is -0.139. The Morgan fingerprint density at radius 2 is 1.18 bits per heavy atom. The van der Waals surface area contributed by atoms with Gasteiger partial charge in [0.05, 0.1) is 33.5 Å². The van der Waals surface area contributed by atoms with Gasteiger partial charge in [-0.1, -0.05) is 75.4 Å². The highest BCUT2D eigenvalue weighted by atomic mass is 31.2. The summed E-state index contributed by atoms with van der Waals surface area (Å²) in [5.74, 6) is 0.467. The molecule has 3 aromatic carbocycles. The number of ether oxygens (including phenoxy) is 6. The number of nitrogens with one attached hydrogen (secondary N) is 2. The Morgan fingerprint density at radius 1 is 0.718 bits per heavy atom. The number of carbonyl (C=O) groups excluding carboxylic acids is 1. The molecule has 0 bridgehead atoms. The van der Waals surface area contributed by atoms with E-state index in [1.165, 1.54) is 21.5 Å². The summed E-state index contributed by atoms with van der Waals surface area (Å²) in [6.45, 7) is 14.0. The van der Waals surface area contributed by atoms with Crippen LogP contribution in [0.4, 0.5) is 0 Å². The Labute approximate surface area is 412 Å². The van der Waals surface area contributed by atoms with E-state index in [4.69, 9.17) is 41.9 Å². The van der Waals surface area contributed by atoms with Crippen LogP contribution in [-0.4, -0.2) is 91.6 Å². The predicted octanol–water partition coefficient (Wildman–Crippen LogP) is 6.81. The fourth-order valence-corrected chi connectivity index (χ4v) is 11.3. The van der Waals surface area contributed by atoms with Crippen molar-refractivity contribution in [3.05, 3.63) is 161 Å². The molecule has 71 heavy (non-hydrogen) atoms. The zero-order chi connectivity index (χ0) is 51.5. The van der Waals surface area contributed by atoms with E-state index in [0.29, 0.717) is 22.6 Å². The first-order chi connectivity index (χ1) is 33.6. The summed E-state index contributed by atoms with van der Waals surface area (Å²) in [4.78, 5) is 68.3. The van der Waals surface area contributed by atoms with E-state index >= 15 is 4.57 Å². The molecule has 2 aliphatic heterocycles. The average molecular weight is 1020 g/mol. The predicted molar refractivity (Wildman–Crippen MR) is 265 cm³/mol. The lowest BCUT2D eigenvalue weighted by atomic mass is 9.80. The molecule has 0 amide bonds. The van der Waals surface area contributed by atoms with Crippen molar-refractivity contribution < 1.29 is 51.3 Å². The van der Waals surface area contributed by atoms with Gasteiger partial charge in [0.15, 0.2) is 14.7 Å². The Kier molecular flexibility index (Phi) is 16.1. The Hall–Kier alpha value is -5.70. The number of H-pyrrole nitrogens is 2. The first-order valence-electron chi connectivity index (χ1n) is 23.2. The molecule has 0 saturated carbocycles. The lowest BCUT2D eigenvalue weighted by Gasteiger charge is -2.39. The van der Waals surface area contributed by atoms with Crippen molar-refractivity contribution in [3.63, 3.8) is 0 Å². The number of methoxy groups -OCH3 is 2. The molecular formula is C50H63N4O15PSi. The molecule has 4 heterocycles. The summed E-state index contributed by atoms with van der Waals surface area (Å²) < 4.78 is 74.0. The quantitative estimate of drug-likeness (QED) is 0.0375. The van der Waals surface area contributed by atoms with Crippen LogP contribution in [0.1, 0.15) is 80.8 Å². The normalized spacial score (nSPS) is 21.4. The lowest BCUT2D eigenvalue weighted by Crippen LogP contribution is -2.46. The molecule has 7 rings (SSSR count). The molecular weight excluding hydrogens is 956 g/mol. The van der Waals surface area contributed by atoms with Crippen LogP contribution in [0.5, 0.6) is 11.5 Å². The molecule has 382 valence electrons. The summed E-state index contributed by atoms with van der Waals surface area (Å²) in [5.41, 5.74) is -1.19. The zero-order valence-corrected chi connectivity index (χ0v) is 43.5. The van der Waals surface area contributed by atoms with E-state index in [2.05, 4.69) is 43.8 Å². The van der Waals surface area contributed by atoms with Crippen LogP contribution < -0.4 is 32.0 Å². The molecule has 21 heteroatoms. The number of hydrogen-bond donors (Lipinski definition) is 2. The van der Waals surface area contributed by atoms with Gasteiger partial charge < -0.3 is 37.4 Å². The van der Waals surface area contributed by atoms with Crippen molar-refractivity contribution in [1.82, 2.24) is 19.1 Å². The zero-order valence-electron chi connectivity index (χ0n) is 41.6. The van der Waals surface area contributed by atoms with Crippen molar-refractivity contribution in [2.24, 2.45) is 0 Å². The molecule has 7 atom stereocenters. The number of rotatable bonds is 19. The number of carbonyl (C=O) groups is 1. The number of benzene rings is 3. The Bertz CT molecular complexity index is 2900. The van der Waals surface area contributed by atoms with Gasteiger partial charge >= 0.3 is 24.9 Å². The number of hydrogen-bond acceptors (Lipinski definition) is 15. The van der Waals surface area contributed by atoms with Gasteiger partial charge in [0.2, 0.25) is 0 Å². The molecule has 0 aliphatic carbocycles. The van der Waals surface area contributed by atoms with Crippen molar-refractivity contribution in [2.45, 2.75) is 115 Å². The van der Waals surface area contributed by atoms with Crippen molar-refractivity contribution in [2.75, 3.05) is 33.8 Å². The molecule has 2 aromatic heterocycles. The van der Waals surface area contributed by atoms with Gasteiger partial charge in [0.1, 0.15) is 47.9 Å². The van der Waals surface area contributed by atoms with Gasteiger partial charge in [0, 0.05) is 43.3 Å². The summed E-state index contributed by atoms with van der Waals surface area (Å²) >= 11 is 0. The van der Waals surface area contributed by atoms with Crippen LogP contribution in [0.3, 0.4) is 0 Å². The maximum Gasteiger partial charge on any atom is 0.368 e. The van der Waals surface area contributed by atoms with E-state index in [-0.39, 0.29) is 35.6 Å². The third-order valence-electron chi connectivity index (χ3n) is 13.3. The van der Waals surface area contributed by atoms with Crippen LogP contribution in [0.2, 0.25) is 18.1 Å². The van der Waals surface area contributed by atoms with Crippen molar-refractivity contribution >= 4 is 21.9 Å². The third-order valence-corrected chi connectivity index (χ3v) is 19.4. The third kappa shape index (κ3) is 11.8. The molecule has 1 unspecified atom stereocenters. The van der Waals surface area contributed by atoms with Crippen LogP contribution in [0, 0.1) is 13.8 Å². The summed E-state index contributed by atoms with van der Waals surface area (Å²) in [6, 6.07) is 24.3. The molecule has 5 aromatic rings. The highest BCUT2D eigenvalue weighted by Gasteiger charge is 2.49. The van der Waals surface area contributed by atoms with Gasteiger partial charge in [0.25, 0.3) is 11.1 Å². The first kappa shape index (κ1) is 53.1. The van der Waals surface area contributed by atoms with Crippen molar-refractivity contribution in [1.29, 1.82) is 0 Å². The van der Waals surface area contributed by atoms with Crippen LogP contribution in [0.25, 0.3) is 0 Å². The van der Waals surface area contributed by atoms with Gasteiger partial charge in [-0.2, -0.15) is 0 Å². The highest BCUT2D eigenvalue weighted by molar-refractivity contribution is 7.53. The minimum atomic E-state index is -4.53. The fraction of sp³-hybridized carbons (Fsp3) is 0.460. The van der Waals surface area contributed by atoms with E-state index in [1.54, 1.807) is 28.1 Å². The van der Waals surface area contributed by atoms with Gasteiger partial charge in [-0.25, -0.2) is 9.59 Å². The molecule has 2 N–H and O–H groups in total. The van der Waals surface area contributed by atoms with Gasteiger partial charge in [-0.3, -0.25) is 42.6 Å². The van der Waals surface area contributed by atoms with E-state index in [1.807, 2.05) is 78.9 Å². The largest absolute Gasteiger partial charge is 0.497 e. The number of aromatic amines is 2. The van der Waals surface area contributed by atoms with E-state index in [9.17, 15) is 24.0 Å². The number of esters is 1. The molecule has 0 spiro atoms. The average Bonchev–Trinajstić information content (AvgIpc) is 3.92. The highest BCUT2D eigenvalue weighted by Crippen LogP contribution is 2.54. The molecule has 2 fully saturated rings. The van der Waals surface area contributed by atoms with Crippen LogP contribution in [0.15, 0.2) is 110 Å². The van der Waals surface area contributed by atoms with Gasteiger partial charge in [-0.05, 0) is 72.9 Å². The van der Waals surface area contributed by atoms with Crippen molar-refractivity contribution in [3.8, 4) is 11.5 Å². The standard InChI is InChI=1S/C50H63N4O15PSi/c1-31-26-53(47(58)51-45(31)56)43-24-39(41(66-43)28-64-50(34-14-12-11-13-15-34,35-16-20-37(61-7)21-17-35)36-18-22-38(62-8)23-19-36)68-70(60,30-63-33(3)55)65-29-42-40(69-71(9,10)49(4,5)6)25-44(67-42)54-27-32(2)46(57)52-48(54)59/h11-23,26-27,39-44H,24-25,28-30H2,1-10H3,(H,51,56,58)(H,52,57,59)/t39-,40-,41+,42+,43+,44+,70?/m0/s1. The Morgan fingerprint density at radius 3 is 1.65 bits per heavy atom. The maximum atomic E-state index is 15.3. The second kappa shape index (κ2) is 21.6. The molecule has 19 nitrogen and oxygen atoms in total. The molecule has 2 aliphatic rings. The first-order valence-corrected chi connectivity index (χ1v) is 27.9. The molecule has 2 saturated heterocycles. The molecule has 0 radical (unpaired) electrons. The Balaban J connectivity index is 1.26. The van der Waals surface area contributed by atoms with Gasteiger partial charge in [-0.15, -0.1) is 0 Å². The summed E-state index contributed by atoms with van der Waals surface area (Å²) in [5, 5.41) is -0.239. The monoisotopic (exact) mass is 1020 g/mol. The number of aromatic nitrogens is 4. The smallest absolute Gasteiger partial charge is 0.368 e. The SMILES string of the molecule is COc1ccc(C(OC[C@H]2O[C@@H](n3cc(C)c(=O)[nH]c3=O)C[C@@H]2OP(=O)(COC(C)=O)OC[C@H]2O[C@@H](n3cc(C)c(=O)[nH]c3=O)C[C@@H]2O[Si](C)(C)C(C)(C)C)(c2ccccc2)c2ccc(OC)cc2)cc1. The van der Waals surface area contributed by atoms with E-state index in [0.717, 1.165) is 12.5 Å². The van der Waals surface area contributed by atoms with Crippen LogP contribution >= 0.6 is 7.60 Å². The van der Waals surface area contributed by atoms with Crippen LogP contribution in [-0.2, 0) is 47.4 Å². The summed E-state index contributed by atoms with van der Waals surface area (Å²) in [7, 11) is -3.91. The topological polar surface area (TPSA) is 227 Å². The number of nitrogens with zero attached hydrogens (tertiary/aromatic N) is 2. The minimum Gasteiger partial charge on any atom is -0.497 e. The van der Waals surface area contributed by atoms with E-state index < -0.39 is 99.8 Å².